The van der Waals surface area contributed by atoms with Crippen LogP contribution in [-0.4, -0.2) is 24.0 Å². The summed E-state index contributed by atoms with van der Waals surface area (Å²) in [6, 6.07) is 2.91. The lowest BCUT2D eigenvalue weighted by Gasteiger charge is -2.36. The summed E-state index contributed by atoms with van der Waals surface area (Å²) >= 11 is 0. The molecule has 0 aromatic heterocycles. The largest absolute Gasteiger partial charge is 0.385 e. The molecule has 2 heterocycles. The number of aliphatic hydroxyl groups is 1. The fraction of sp³-hybridized carbons (Fsp3) is 0.538. The molecule has 2 aliphatic rings. The van der Waals surface area contributed by atoms with Crippen molar-refractivity contribution in [2.75, 3.05) is 0 Å². The second kappa shape index (κ2) is 3.99. The van der Waals surface area contributed by atoms with Gasteiger partial charge < -0.3 is 5.11 Å². The summed E-state index contributed by atoms with van der Waals surface area (Å²) in [6.45, 7) is 0. The maximum Gasteiger partial charge on any atom is 0.156 e. The fourth-order valence-corrected chi connectivity index (χ4v) is 5.81. The Morgan fingerprint density at radius 1 is 1.16 bits per heavy atom. The van der Waals surface area contributed by atoms with Gasteiger partial charge in [0, 0.05) is 5.56 Å². The first kappa shape index (κ1) is 13.0. The van der Waals surface area contributed by atoms with Gasteiger partial charge in [-0.05, 0) is 43.9 Å². The predicted octanol–water partition coefficient (Wildman–Crippen LogP) is 1.89. The van der Waals surface area contributed by atoms with E-state index < -0.39 is 37.6 Å². The highest BCUT2D eigenvalue weighted by Crippen LogP contribution is 2.48. The second-order valence-electron chi connectivity index (χ2n) is 5.47. The van der Waals surface area contributed by atoms with Crippen LogP contribution in [-0.2, 0) is 15.4 Å². The van der Waals surface area contributed by atoms with E-state index in [-0.39, 0.29) is 18.4 Å². The Labute approximate surface area is 110 Å². The van der Waals surface area contributed by atoms with Crippen LogP contribution in [0.2, 0.25) is 0 Å². The van der Waals surface area contributed by atoms with Crippen molar-refractivity contribution in [3.05, 3.63) is 35.4 Å². The second-order valence-corrected chi connectivity index (χ2v) is 7.99. The molecule has 3 nitrogen and oxygen atoms in total. The molecule has 6 heteroatoms. The topological polar surface area (TPSA) is 54.4 Å². The van der Waals surface area contributed by atoms with Gasteiger partial charge in [0.15, 0.2) is 9.84 Å². The number of hydrogen-bond donors (Lipinski definition) is 1. The molecule has 2 bridgehead atoms. The molecule has 0 saturated carbocycles. The zero-order valence-electron chi connectivity index (χ0n) is 10.1. The van der Waals surface area contributed by atoms with Gasteiger partial charge >= 0.3 is 0 Å². The molecular weight excluding hydrogens is 274 g/mol. The van der Waals surface area contributed by atoms with Gasteiger partial charge in [0.1, 0.15) is 11.6 Å². The number of halogens is 2. The minimum atomic E-state index is -3.21. The first-order valence-corrected chi connectivity index (χ1v) is 7.84. The van der Waals surface area contributed by atoms with Crippen LogP contribution < -0.4 is 0 Å². The molecular formula is C13H14F2O3S. The standard InChI is InChI=1S/C13H14F2O3S/c14-8-1-4-12(15)11(5-8)13(16)6-9-2-3-10(7-13)19(9,17)18/h1,4-5,9-10,16H,2-3,6-7H2. The molecule has 0 aliphatic carbocycles. The van der Waals surface area contributed by atoms with Crippen molar-refractivity contribution in [1.29, 1.82) is 0 Å². The van der Waals surface area contributed by atoms with E-state index in [0.717, 1.165) is 18.2 Å². The highest BCUT2D eigenvalue weighted by Gasteiger charge is 2.53. The molecule has 2 unspecified atom stereocenters. The van der Waals surface area contributed by atoms with Crippen LogP contribution in [0.4, 0.5) is 8.78 Å². The Hall–Kier alpha value is -1.01. The van der Waals surface area contributed by atoms with Gasteiger partial charge in [-0.15, -0.1) is 0 Å². The predicted molar refractivity (Wildman–Crippen MR) is 65.2 cm³/mol. The average molecular weight is 288 g/mol. The lowest BCUT2D eigenvalue weighted by Crippen LogP contribution is -2.43. The number of hydrogen-bond acceptors (Lipinski definition) is 3. The summed E-state index contributed by atoms with van der Waals surface area (Å²) in [7, 11) is -3.21. The van der Waals surface area contributed by atoms with E-state index in [2.05, 4.69) is 0 Å². The number of benzene rings is 1. The SMILES string of the molecule is O=S1(=O)C2CCC1CC(O)(c1cc(F)ccc1F)C2. The van der Waals surface area contributed by atoms with Crippen LogP contribution in [0.15, 0.2) is 18.2 Å². The van der Waals surface area contributed by atoms with Gasteiger partial charge in [-0.1, -0.05) is 0 Å². The molecule has 1 aromatic rings. The van der Waals surface area contributed by atoms with Crippen LogP contribution >= 0.6 is 0 Å². The number of sulfone groups is 1. The van der Waals surface area contributed by atoms with E-state index >= 15 is 0 Å². The maximum absolute atomic E-state index is 13.8. The normalized spacial score (nSPS) is 36.4. The summed E-state index contributed by atoms with van der Waals surface area (Å²) in [4.78, 5) is 0. The third kappa shape index (κ3) is 1.89. The zero-order valence-corrected chi connectivity index (χ0v) is 11.0. The zero-order chi connectivity index (χ0) is 13.8. The van der Waals surface area contributed by atoms with E-state index in [0.29, 0.717) is 12.8 Å². The van der Waals surface area contributed by atoms with Crippen LogP contribution in [0.1, 0.15) is 31.2 Å². The lowest BCUT2D eigenvalue weighted by molar-refractivity contribution is 0.0136. The van der Waals surface area contributed by atoms with E-state index in [1.807, 2.05) is 0 Å². The molecule has 2 fully saturated rings. The van der Waals surface area contributed by atoms with Gasteiger partial charge in [-0.2, -0.15) is 0 Å². The summed E-state index contributed by atoms with van der Waals surface area (Å²) in [5.74, 6) is -1.33. The highest BCUT2D eigenvalue weighted by molar-refractivity contribution is 7.93. The highest BCUT2D eigenvalue weighted by atomic mass is 32.2. The Morgan fingerprint density at radius 2 is 1.74 bits per heavy atom. The molecule has 0 spiro atoms. The molecule has 2 aliphatic heterocycles. The molecule has 1 N–H and O–H groups in total. The van der Waals surface area contributed by atoms with E-state index in [4.69, 9.17) is 0 Å². The van der Waals surface area contributed by atoms with Gasteiger partial charge in [0.2, 0.25) is 0 Å². The average Bonchev–Trinajstić information content (AvgIpc) is 2.53. The molecule has 2 saturated heterocycles. The summed E-state index contributed by atoms with van der Waals surface area (Å²) in [5.41, 5.74) is -1.71. The Kier molecular flexibility index (Phi) is 2.73. The molecule has 19 heavy (non-hydrogen) atoms. The van der Waals surface area contributed by atoms with E-state index in [1.54, 1.807) is 0 Å². The molecule has 0 amide bonds. The third-order valence-corrected chi connectivity index (χ3v) is 6.96. The molecule has 0 radical (unpaired) electrons. The van der Waals surface area contributed by atoms with Crippen LogP contribution in [0.25, 0.3) is 0 Å². The van der Waals surface area contributed by atoms with E-state index in [9.17, 15) is 22.3 Å². The quantitative estimate of drug-likeness (QED) is 0.858. The molecule has 3 rings (SSSR count). The van der Waals surface area contributed by atoms with Crippen LogP contribution in [0.3, 0.4) is 0 Å². The Balaban J connectivity index is 2.04. The smallest absolute Gasteiger partial charge is 0.156 e. The minimum absolute atomic E-state index is 0.0494. The van der Waals surface area contributed by atoms with Crippen molar-refractivity contribution in [2.24, 2.45) is 0 Å². The summed E-state index contributed by atoms with van der Waals surface area (Å²) in [5, 5.41) is 9.31. The fourth-order valence-electron chi connectivity index (χ4n) is 3.32. The Bertz CT molecular complexity index is 607. The molecule has 2 atom stereocenters. The van der Waals surface area contributed by atoms with Gasteiger partial charge in [0.05, 0.1) is 16.1 Å². The van der Waals surface area contributed by atoms with Crippen molar-refractivity contribution in [1.82, 2.24) is 0 Å². The van der Waals surface area contributed by atoms with Crippen LogP contribution in [0.5, 0.6) is 0 Å². The number of fused-ring (bicyclic) bond motifs is 2. The van der Waals surface area contributed by atoms with Crippen LogP contribution in [0, 0.1) is 11.6 Å². The third-order valence-electron chi connectivity index (χ3n) is 4.30. The van der Waals surface area contributed by atoms with Crippen molar-refractivity contribution in [3.8, 4) is 0 Å². The van der Waals surface area contributed by atoms with Gasteiger partial charge in [0.25, 0.3) is 0 Å². The summed E-state index contributed by atoms with van der Waals surface area (Å²) in [6.07, 6.45) is 0.886. The van der Waals surface area contributed by atoms with Gasteiger partial charge in [-0.25, -0.2) is 17.2 Å². The summed E-state index contributed by atoms with van der Waals surface area (Å²) < 4.78 is 51.0. The van der Waals surface area contributed by atoms with Crippen molar-refractivity contribution in [3.63, 3.8) is 0 Å². The first-order valence-electron chi connectivity index (χ1n) is 6.23. The monoisotopic (exact) mass is 288 g/mol. The minimum Gasteiger partial charge on any atom is -0.385 e. The van der Waals surface area contributed by atoms with Crippen molar-refractivity contribution in [2.45, 2.75) is 41.8 Å². The van der Waals surface area contributed by atoms with Crippen molar-refractivity contribution < 1.29 is 22.3 Å². The molecule has 104 valence electrons. The molecule has 1 aromatic carbocycles. The van der Waals surface area contributed by atoms with Gasteiger partial charge in [-0.3, -0.25) is 0 Å². The number of rotatable bonds is 1. The Morgan fingerprint density at radius 3 is 2.32 bits per heavy atom. The first-order chi connectivity index (χ1) is 8.83. The maximum atomic E-state index is 13.8. The van der Waals surface area contributed by atoms with Crippen molar-refractivity contribution >= 4 is 9.84 Å². The lowest BCUT2D eigenvalue weighted by atomic mass is 9.85. The van der Waals surface area contributed by atoms with E-state index in [1.165, 1.54) is 0 Å².